The van der Waals surface area contributed by atoms with Crippen LogP contribution in [0.1, 0.15) is 29.8 Å². The van der Waals surface area contributed by atoms with E-state index < -0.39 is 11.4 Å². The fourth-order valence-corrected chi connectivity index (χ4v) is 2.15. The van der Waals surface area contributed by atoms with Crippen molar-refractivity contribution in [3.8, 4) is 11.3 Å². The van der Waals surface area contributed by atoms with Gasteiger partial charge in [0.2, 0.25) is 0 Å². The third-order valence-corrected chi connectivity index (χ3v) is 3.79. The maximum Gasteiger partial charge on any atom is 0.310 e. The van der Waals surface area contributed by atoms with Crippen LogP contribution >= 0.6 is 0 Å². The lowest BCUT2D eigenvalue weighted by Crippen LogP contribution is -2.39. The van der Waals surface area contributed by atoms with Crippen LogP contribution in [-0.2, 0) is 4.79 Å². The van der Waals surface area contributed by atoms with Crippen molar-refractivity contribution in [3.63, 3.8) is 0 Å². The molecule has 1 heterocycles. The monoisotopic (exact) mass is 312 g/mol. The highest BCUT2D eigenvalue weighted by molar-refractivity contribution is 5.97. The van der Waals surface area contributed by atoms with Crippen LogP contribution in [0.15, 0.2) is 42.6 Å². The van der Waals surface area contributed by atoms with E-state index in [4.69, 9.17) is 5.11 Å². The largest absolute Gasteiger partial charge is 0.481 e. The van der Waals surface area contributed by atoms with E-state index in [1.165, 1.54) is 0 Å². The van der Waals surface area contributed by atoms with E-state index >= 15 is 0 Å². The van der Waals surface area contributed by atoms with Gasteiger partial charge in [-0.2, -0.15) is 0 Å². The fraction of sp³-hybridized carbons (Fsp3) is 0.278. The molecule has 0 atom stereocenters. The van der Waals surface area contributed by atoms with E-state index in [0.717, 1.165) is 16.8 Å². The predicted molar refractivity (Wildman–Crippen MR) is 88.2 cm³/mol. The second-order valence-corrected chi connectivity index (χ2v) is 6.06. The van der Waals surface area contributed by atoms with Gasteiger partial charge in [-0.3, -0.25) is 14.6 Å². The molecular weight excluding hydrogens is 292 g/mol. The molecule has 0 bridgehead atoms. The molecule has 1 aromatic carbocycles. The van der Waals surface area contributed by atoms with E-state index in [0.29, 0.717) is 5.56 Å². The number of carbonyl (C=O) groups is 2. The zero-order chi connectivity index (χ0) is 17.0. The van der Waals surface area contributed by atoms with Crippen molar-refractivity contribution < 1.29 is 14.7 Å². The van der Waals surface area contributed by atoms with Crippen molar-refractivity contribution in [1.29, 1.82) is 0 Å². The molecule has 0 fully saturated rings. The summed E-state index contributed by atoms with van der Waals surface area (Å²) in [6, 6.07) is 11.1. The number of benzene rings is 1. The number of carboxylic acids is 1. The van der Waals surface area contributed by atoms with Crippen LogP contribution in [0.3, 0.4) is 0 Å². The van der Waals surface area contributed by atoms with Gasteiger partial charge in [-0.1, -0.05) is 18.2 Å². The number of pyridine rings is 1. The molecule has 0 aliphatic carbocycles. The third kappa shape index (κ3) is 3.74. The minimum Gasteiger partial charge on any atom is -0.481 e. The highest BCUT2D eigenvalue weighted by Gasteiger charge is 2.28. The summed E-state index contributed by atoms with van der Waals surface area (Å²) >= 11 is 0. The molecule has 0 radical (unpaired) electrons. The van der Waals surface area contributed by atoms with Gasteiger partial charge in [0.15, 0.2) is 0 Å². The number of carboxylic acid groups (broad SMARTS) is 1. The highest BCUT2D eigenvalue weighted by Crippen LogP contribution is 2.24. The first kappa shape index (κ1) is 16.7. The summed E-state index contributed by atoms with van der Waals surface area (Å²) in [6.07, 6.45) is 1.71. The Morgan fingerprint density at radius 1 is 1.17 bits per heavy atom. The molecule has 0 spiro atoms. The van der Waals surface area contributed by atoms with Crippen LogP contribution in [-0.4, -0.2) is 28.5 Å². The molecule has 5 heteroatoms. The summed E-state index contributed by atoms with van der Waals surface area (Å²) in [7, 11) is 0. The van der Waals surface area contributed by atoms with Crippen LogP contribution in [0.25, 0.3) is 11.3 Å². The van der Waals surface area contributed by atoms with Gasteiger partial charge in [0.25, 0.3) is 5.91 Å². The molecule has 0 aliphatic rings. The molecule has 2 aromatic rings. The minimum absolute atomic E-state index is 0.0639. The van der Waals surface area contributed by atoms with E-state index in [2.05, 4.69) is 10.3 Å². The van der Waals surface area contributed by atoms with Crippen LogP contribution in [0.2, 0.25) is 0 Å². The normalized spacial score (nSPS) is 11.1. The number of hydrogen-bond donors (Lipinski definition) is 2. The van der Waals surface area contributed by atoms with Crippen molar-refractivity contribution in [2.45, 2.75) is 20.8 Å². The Morgan fingerprint density at radius 3 is 2.52 bits per heavy atom. The molecule has 2 rings (SSSR count). The molecule has 0 saturated carbocycles. The number of aliphatic carboxylic acids is 1. The maximum atomic E-state index is 12.4. The van der Waals surface area contributed by atoms with Crippen LogP contribution < -0.4 is 5.32 Å². The lowest BCUT2D eigenvalue weighted by Gasteiger charge is -2.20. The number of rotatable bonds is 5. The first-order chi connectivity index (χ1) is 10.8. The lowest BCUT2D eigenvalue weighted by atomic mass is 9.93. The fourth-order valence-electron chi connectivity index (χ4n) is 2.15. The van der Waals surface area contributed by atoms with Crippen LogP contribution in [0, 0.1) is 12.3 Å². The zero-order valence-corrected chi connectivity index (χ0v) is 13.5. The van der Waals surface area contributed by atoms with Gasteiger partial charge in [-0.25, -0.2) is 0 Å². The second kappa shape index (κ2) is 6.60. The van der Waals surface area contributed by atoms with Gasteiger partial charge in [0, 0.05) is 23.9 Å². The maximum absolute atomic E-state index is 12.4. The van der Waals surface area contributed by atoms with Crippen molar-refractivity contribution in [2.75, 3.05) is 6.54 Å². The van der Waals surface area contributed by atoms with Gasteiger partial charge in [0.05, 0.1) is 11.1 Å². The van der Waals surface area contributed by atoms with Gasteiger partial charge in [-0.05, 0) is 44.5 Å². The number of nitrogens with one attached hydrogen (secondary N) is 1. The summed E-state index contributed by atoms with van der Waals surface area (Å²) in [4.78, 5) is 27.8. The van der Waals surface area contributed by atoms with Crippen molar-refractivity contribution >= 4 is 11.9 Å². The summed E-state index contributed by atoms with van der Waals surface area (Å²) in [5.74, 6) is -1.23. The predicted octanol–water partition coefficient (Wildman–Crippen LogP) is 2.90. The number of hydrogen-bond acceptors (Lipinski definition) is 3. The lowest BCUT2D eigenvalue weighted by molar-refractivity contribution is -0.146. The number of nitrogens with zero attached hydrogens (tertiary/aromatic N) is 1. The van der Waals surface area contributed by atoms with Crippen LogP contribution in [0.4, 0.5) is 0 Å². The molecule has 0 unspecified atom stereocenters. The number of carbonyl (C=O) groups excluding carboxylic acids is 1. The van der Waals surface area contributed by atoms with Crippen molar-refractivity contribution in [2.24, 2.45) is 5.41 Å². The minimum atomic E-state index is -1.01. The Kier molecular flexibility index (Phi) is 4.79. The van der Waals surface area contributed by atoms with E-state index in [1.54, 1.807) is 32.2 Å². The van der Waals surface area contributed by atoms with Crippen LogP contribution in [0.5, 0.6) is 0 Å². The Hall–Kier alpha value is -2.69. The van der Waals surface area contributed by atoms with Gasteiger partial charge < -0.3 is 10.4 Å². The molecule has 2 N–H and O–H groups in total. The molecule has 0 saturated heterocycles. The summed E-state index contributed by atoms with van der Waals surface area (Å²) < 4.78 is 0. The number of aromatic nitrogens is 1. The van der Waals surface area contributed by atoms with E-state index in [1.807, 2.05) is 31.2 Å². The average Bonchev–Trinajstić information content (AvgIpc) is 2.53. The van der Waals surface area contributed by atoms with Crippen molar-refractivity contribution in [1.82, 2.24) is 10.3 Å². The first-order valence-electron chi connectivity index (χ1n) is 7.35. The molecule has 5 nitrogen and oxygen atoms in total. The van der Waals surface area contributed by atoms with E-state index in [-0.39, 0.29) is 12.5 Å². The molecular formula is C18H20N2O3. The quantitative estimate of drug-likeness (QED) is 0.889. The average molecular weight is 312 g/mol. The summed E-state index contributed by atoms with van der Waals surface area (Å²) in [5.41, 5.74) is 2.01. The Morgan fingerprint density at radius 2 is 1.91 bits per heavy atom. The summed E-state index contributed by atoms with van der Waals surface area (Å²) in [6.45, 7) is 5.08. The number of amides is 1. The molecule has 0 aliphatic heterocycles. The van der Waals surface area contributed by atoms with Gasteiger partial charge in [-0.15, -0.1) is 0 Å². The Labute approximate surface area is 135 Å². The first-order valence-corrected chi connectivity index (χ1v) is 7.35. The molecule has 120 valence electrons. The standard InChI is InChI=1S/C18H20N2O3/c1-12-13(15-9-4-5-10-19-15)7-6-8-14(12)16(21)20-11-18(2,3)17(22)23/h4-10H,11H2,1-3H3,(H,20,21)(H,22,23). The van der Waals surface area contributed by atoms with Gasteiger partial charge >= 0.3 is 5.97 Å². The van der Waals surface area contributed by atoms with E-state index in [9.17, 15) is 9.59 Å². The molecule has 23 heavy (non-hydrogen) atoms. The Balaban J connectivity index is 2.24. The second-order valence-electron chi connectivity index (χ2n) is 6.06. The topological polar surface area (TPSA) is 79.3 Å². The third-order valence-electron chi connectivity index (χ3n) is 3.79. The smallest absolute Gasteiger partial charge is 0.310 e. The zero-order valence-electron chi connectivity index (χ0n) is 13.5. The van der Waals surface area contributed by atoms with Gasteiger partial charge in [0.1, 0.15) is 0 Å². The summed E-state index contributed by atoms with van der Waals surface area (Å²) in [5, 5.41) is 11.8. The molecule has 1 amide bonds. The molecule has 1 aromatic heterocycles. The SMILES string of the molecule is Cc1c(C(=O)NCC(C)(C)C(=O)O)cccc1-c1ccccn1. The highest BCUT2D eigenvalue weighted by atomic mass is 16.4. The van der Waals surface area contributed by atoms with Crippen molar-refractivity contribution in [3.05, 3.63) is 53.7 Å². The Bertz CT molecular complexity index is 724.